The molecule has 0 aliphatic carbocycles. The number of hydrogen-bond acceptors (Lipinski definition) is 4. The van der Waals surface area contributed by atoms with E-state index in [1.54, 1.807) is 6.92 Å². The maximum Gasteiger partial charge on any atom is 0.247 e. The zero-order valence-electron chi connectivity index (χ0n) is 8.14. The maximum atomic E-state index is 5.63. The first-order valence-electron chi connectivity index (χ1n) is 4.52. The van der Waals surface area contributed by atoms with E-state index in [0.29, 0.717) is 11.8 Å². The quantitative estimate of drug-likeness (QED) is 0.908. The lowest BCUT2D eigenvalue weighted by Gasteiger charge is -1.96. The Bertz CT molecular complexity index is 450. The van der Waals surface area contributed by atoms with Crippen molar-refractivity contribution in [1.82, 2.24) is 10.2 Å². The van der Waals surface area contributed by atoms with Gasteiger partial charge in [-0.25, -0.2) is 0 Å². The van der Waals surface area contributed by atoms with Gasteiger partial charge in [-0.3, -0.25) is 0 Å². The van der Waals surface area contributed by atoms with Gasteiger partial charge >= 0.3 is 0 Å². The van der Waals surface area contributed by atoms with Crippen molar-refractivity contribution < 1.29 is 4.42 Å². The van der Waals surface area contributed by atoms with Gasteiger partial charge in [-0.15, -0.1) is 10.2 Å². The minimum atomic E-state index is -0.235. The molecule has 0 aliphatic heterocycles. The Hall–Kier alpha value is -1.20. The first kappa shape index (κ1) is 10.3. The normalized spacial score (nSPS) is 12.7. The van der Waals surface area contributed by atoms with E-state index in [1.165, 1.54) is 0 Å². The molecule has 1 aromatic carbocycles. The van der Waals surface area contributed by atoms with E-state index in [9.17, 15) is 0 Å². The van der Waals surface area contributed by atoms with Crippen molar-refractivity contribution in [2.24, 2.45) is 5.73 Å². The second-order valence-corrected chi connectivity index (χ2v) is 4.16. The van der Waals surface area contributed by atoms with Gasteiger partial charge in [-0.2, -0.15) is 0 Å². The van der Waals surface area contributed by atoms with E-state index >= 15 is 0 Å². The molecule has 78 valence electrons. The fourth-order valence-electron chi connectivity index (χ4n) is 1.13. The Morgan fingerprint density at radius 2 is 1.93 bits per heavy atom. The summed E-state index contributed by atoms with van der Waals surface area (Å²) in [5, 5.41) is 7.79. The molecule has 0 spiro atoms. The lowest BCUT2D eigenvalue weighted by atomic mass is 10.2. The first-order valence-corrected chi connectivity index (χ1v) is 5.31. The molecule has 2 rings (SSSR count). The molecule has 0 aliphatic rings. The van der Waals surface area contributed by atoms with Gasteiger partial charge in [0.15, 0.2) is 0 Å². The lowest BCUT2D eigenvalue weighted by Crippen LogP contribution is -2.04. The maximum absolute atomic E-state index is 5.63. The smallest absolute Gasteiger partial charge is 0.247 e. The minimum Gasteiger partial charge on any atom is -0.419 e. The van der Waals surface area contributed by atoms with Crippen LogP contribution in [0, 0.1) is 0 Å². The molecule has 0 bridgehead atoms. The van der Waals surface area contributed by atoms with Crippen LogP contribution < -0.4 is 5.73 Å². The zero-order chi connectivity index (χ0) is 10.8. The zero-order valence-corrected chi connectivity index (χ0v) is 9.73. The van der Waals surface area contributed by atoms with E-state index in [4.69, 9.17) is 10.2 Å². The number of nitrogens with two attached hydrogens (primary N) is 1. The molecule has 0 fully saturated rings. The molecule has 1 heterocycles. The molecule has 0 amide bonds. The Labute approximate surface area is 95.6 Å². The average Bonchev–Trinajstić information content (AvgIpc) is 2.68. The van der Waals surface area contributed by atoms with Gasteiger partial charge in [0, 0.05) is 10.0 Å². The molecule has 0 saturated heterocycles. The highest BCUT2D eigenvalue weighted by molar-refractivity contribution is 9.10. The molecule has 0 saturated carbocycles. The third-order valence-electron chi connectivity index (χ3n) is 1.92. The SMILES string of the molecule is CC(N)c1nnc(-c2ccc(Br)cc2)o1. The summed E-state index contributed by atoms with van der Waals surface area (Å²) in [7, 11) is 0. The molecule has 2 aromatic rings. The van der Waals surface area contributed by atoms with Crippen molar-refractivity contribution in [3.63, 3.8) is 0 Å². The Balaban J connectivity index is 2.33. The summed E-state index contributed by atoms with van der Waals surface area (Å²) in [5.74, 6) is 0.947. The van der Waals surface area contributed by atoms with Crippen molar-refractivity contribution in [3.8, 4) is 11.5 Å². The fraction of sp³-hybridized carbons (Fsp3) is 0.200. The first-order chi connectivity index (χ1) is 7.16. The fourth-order valence-corrected chi connectivity index (χ4v) is 1.39. The van der Waals surface area contributed by atoms with Gasteiger partial charge in [-0.05, 0) is 31.2 Å². The van der Waals surface area contributed by atoms with Gasteiger partial charge in [0.2, 0.25) is 11.8 Å². The molecule has 4 nitrogen and oxygen atoms in total. The monoisotopic (exact) mass is 267 g/mol. The predicted octanol–water partition coefficient (Wildman–Crippen LogP) is 2.52. The molecule has 0 radical (unpaired) electrons. The molecular formula is C10H10BrN3O. The highest BCUT2D eigenvalue weighted by atomic mass is 79.9. The van der Waals surface area contributed by atoms with E-state index in [1.807, 2.05) is 24.3 Å². The van der Waals surface area contributed by atoms with E-state index in [-0.39, 0.29) is 6.04 Å². The van der Waals surface area contributed by atoms with Crippen LogP contribution in [0.15, 0.2) is 33.2 Å². The van der Waals surface area contributed by atoms with Crippen LogP contribution >= 0.6 is 15.9 Å². The standard InChI is InChI=1S/C10H10BrN3O/c1-6(12)9-13-14-10(15-9)7-2-4-8(11)5-3-7/h2-6H,12H2,1H3. The summed E-state index contributed by atoms with van der Waals surface area (Å²) < 4.78 is 6.42. The number of aromatic nitrogens is 2. The third kappa shape index (κ3) is 2.24. The molecule has 2 N–H and O–H groups in total. The Morgan fingerprint density at radius 1 is 1.27 bits per heavy atom. The van der Waals surface area contributed by atoms with E-state index < -0.39 is 0 Å². The third-order valence-corrected chi connectivity index (χ3v) is 2.45. The van der Waals surface area contributed by atoms with Gasteiger partial charge in [0.05, 0.1) is 6.04 Å². The van der Waals surface area contributed by atoms with Crippen LogP contribution in [0.1, 0.15) is 18.9 Å². The molecule has 15 heavy (non-hydrogen) atoms. The number of hydrogen-bond donors (Lipinski definition) is 1. The number of benzene rings is 1. The second-order valence-electron chi connectivity index (χ2n) is 3.24. The Kier molecular flexibility index (Phi) is 2.83. The molecule has 1 unspecified atom stereocenters. The topological polar surface area (TPSA) is 64.9 Å². The van der Waals surface area contributed by atoms with Gasteiger partial charge in [0.1, 0.15) is 0 Å². The molecule has 5 heteroatoms. The van der Waals surface area contributed by atoms with E-state index in [0.717, 1.165) is 10.0 Å². The van der Waals surface area contributed by atoms with Crippen LogP contribution in [0.25, 0.3) is 11.5 Å². The van der Waals surface area contributed by atoms with Gasteiger partial charge < -0.3 is 10.2 Å². The van der Waals surface area contributed by atoms with Crippen LogP contribution in [0.3, 0.4) is 0 Å². The molecular weight excluding hydrogens is 258 g/mol. The van der Waals surface area contributed by atoms with Crippen LogP contribution in [0.2, 0.25) is 0 Å². The highest BCUT2D eigenvalue weighted by Gasteiger charge is 2.10. The molecule has 1 atom stereocenters. The summed E-state index contributed by atoms with van der Waals surface area (Å²) in [6.07, 6.45) is 0. The van der Waals surface area contributed by atoms with Crippen molar-refractivity contribution in [1.29, 1.82) is 0 Å². The number of rotatable bonds is 2. The Morgan fingerprint density at radius 3 is 2.47 bits per heavy atom. The summed E-state index contributed by atoms with van der Waals surface area (Å²) in [4.78, 5) is 0. The van der Waals surface area contributed by atoms with Crippen LogP contribution in [-0.2, 0) is 0 Å². The summed E-state index contributed by atoms with van der Waals surface area (Å²) in [6.45, 7) is 1.80. The summed E-state index contributed by atoms with van der Waals surface area (Å²) >= 11 is 3.36. The predicted molar refractivity (Wildman–Crippen MR) is 60.0 cm³/mol. The molecule has 1 aromatic heterocycles. The largest absolute Gasteiger partial charge is 0.419 e. The average molecular weight is 268 g/mol. The van der Waals surface area contributed by atoms with Crippen LogP contribution in [-0.4, -0.2) is 10.2 Å². The van der Waals surface area contributed by atoms with Gasteiger partial charge in [-0.1, -0.05) is 15.9 Å². The summed E-state index contributed by atoms with van der Waals surface area (Å²) in [5.41, 5.74) is 6.51. The van der Waals surface area contributed by atoms with Crippen LogP contribution in [0.4, 0.5) is 0 Å². The van der Waals surface area contributed by atoms with Crippen LogP contribution in [0.5, 0.6) is 0 Å². The number of halogens is 1. The van der Waals surface area contributed by atoms with Crippen molar-refractivity contribution >= 4 is 15.9 Å². The van der Waals surface area contributed by atoms with Crippen molar-refractivity contribution in [2.75, 3.05) is 0 Å². The second kappa shape index (κ2) is 4.12. The summed E-state index contributed by atoms with van der Waals surface area (Å²) in [6, 6.07) is 7.42. The highest BCUT2D eigenvalue weighted by Crippen LogP contribution is 2.21. The lowest BCUT2D eigenvalue weighted by molar-refractivity contribution is 0.473. The van der Waals surface area contributed by atoms with Gasteiger partial charge in [0.25, 0.3) is 0 Å². The van der Waals surface area contributed by atoms with E-state index in [2.05, 4.69) is 26.1 Å². The van der Waals surface area contributed by atoms with Crippen molar-refractivity contribution in [3.05, 3.63) is 34.6 Å². The number of nitrogens with zero attached hydrogens (tertiary/aromatic N) is 2. The van der Waals surface area contributed by atoms with Crippen molar-refractivity contribution in [2.45, 2.75) is 13.0 Å². The minimum absolute atomic E-state index is 0.235.